The predicted molar refractivity (Wildman–Crippen MR) is 116 cm³/mol. The number of hydrogen-bond acceptors (Lipinski definition) is 2. The Kier molecular flexibility index (Phi) is 5.41. The zero-order chi connectivity index (χ0) is 19.6. The maximum Gasteiger partial charge on any atom is 0.228 e. The molecule has 1 aliphatic heterocycles. The average Bonchev–Trinajstić information content (AvgIpc) is 3.19. The second-order valence-electron chi connectivity index (χ2n) is 9.33. The number of rotatable bonds is 6. The van der Waals surface area contributed by atoms with Crippen molar-refractivity contribution >= 4 is 5.91 Å². The molecular weight excluding hydrogens is 356 g/mol. The molecule has 2 aromatic carbocycles. The zero-order valence-electron chi connectivity index (χ0n) is 17.2. The SMILES string of the molecule is O=C(NC1C2CN(Cc3ccccc3)CC21)C(c1ccccc1)C1CCCCC1. The van der Waals surface area contributed by atoms with Crippen LogP contribution in [0.25, 0.3) is 0 Å². The molecule has 2 saturated carbocycles. The number of piperidine rings is 1. The molecule has 1 saturated heterocycles. The minimum Gasteiger partial charge on any atom is -0.352 e. The smallest absolute Gasteiger partial charge is 0.228 e. The molecule has 1 heterocycles. The van der Waals surface area contributed by atoms with E-state index in [-0.39, 0.29) is 11.8 Å². The molecule has 3 unspecified atom stereocenters. The molecule has 5 rings (SSSR count). The van der Waals surface area contributed by atoms with Gasteiger partial charge in [0.05, 0.1) is 5.92 Å². The molecule has 2 aromatic rings. The third-order valence-electron chi connectivity index (χ3n) is 7.39. The van der Waals surface area contributed by atoms with Gasteiger partial charge in [-0.3, -0.25) is 9.69 Å². The maximum absolute atomic E-state index is 13.4. The highest BCUT2D eigenvalue weighted by Gasteiger charge is 2.56. The van der Waals surface area contributed by atoms with E-state index in [4.69, 9.17) is 0 Å². The number of nitrogens with zero attached hydrogens (tertiary/aromatic N) is 1. The van der Waals surface area contributed by atoms with E-state index in [0.29, 0.717) is 23.8 Å². The van der Waals surface area contributed by atoms with Crippen molar-refractivity contribution in [2.45, 2.75) is 50.6 Å². The van der Waals surface area contributed by atoms with Crippen LogP contribution >= 0.6 is 0 Å². The van der Waals surface area contributed by atoms with Crippen molar-refractivity contribution in [3.63, 3.8) is 0 Å². The first kappa shape index (κ1) is 18.9. The van der Waals surface area contributed by atoms with Crippen LogP contribution in [0.2, 0.25) is 0 Å². The molecule has 3 fully saturated rings. The Balaban J connectivity index is 1.20. The number of carbonyl (C=O) groups excluding carboxylic acids is 1. The van der Waals surface area contributed by atoms with E-state index in [1.165, 1.54) is 43.2 Å². The van der Waals surface area contributed by atoms with E-state index in [2.05, 4.69) is 64.8 Å². The van der Waals surface area contributed by atoms with E-state index in [1.807, 2.05) is 6.07 Å². The molecule has 0 aromatic heterocycles. The molecule has 29 heavy (non-hydrogen) atoms. The fourth-order valence-corrected chi connectivity index (χ4v) is 5.82. The molecule has 3 aliphatic rings. The standard InChI is InChI=1S/C26H32N2O/c29-26(24(20-12-6-2-7-13-20)21-14-8-3-9-15-21)27-25-22-17-28(18-23(22)25)16-19-10-4-1-5-11-19/h1-2,4-7,10-13,21-25H,3,8-9,14-18H2,(H,27,29). The Hall–Kier alpha value is -2.13. The minimum absolute atomic E-state index is 0.0262. The van der Waals surface area contributed by atoms with Gasteiger partial charge in [0, 0.05) is 25.7 Å². The van der Waals surface area contributed by atoms with Crippen molar-refractivity contribution in [1.29, 1.82) is 0 Å². The van der Waals surface area contributed by atoms with E-state index in [0.717, 1.165) is 19.6 Å². The first-order chi connectivity index (χ1) is 14.3. The van der Waals surface area contributed by atoms with Crippen LogP contribution in [0, 0.1) is 17.8 Å². The van der Waals surface area contributed by atoms with E-state index in [1.54, 1.807) is 0 Å². The number of likely N-dealkylation sites (tertiary alicyclic amines) is 1. The number of carbonyl (C=O) groups is 1. The van der Waals surface area contributed by atoms with E-state index in [9.17, 15) is 4.79 Å². The van der Waals surface area contributed by atoms with Crippen molar-refractivity contribution in [1.82, 2.24) is 10.2 Å². The van der Waals surface area contributed by atoms with Gasteiger partial charge in [-0.05, 0) is 41.7 Å². The minimum atomic E-state index is 0.0262. The van der Waals surface area contributed by atoms with Gasteiger partial charge in [0.1, 0.15) is 0 Å². The largest absolute Gasteiger partial charge is 0.352 e. The van der Waals surface area contributed by atoms with Gasteiger partial charge in [-0.2, -0.15) is 0 Å². The van der Waals surface area contributed by atoms with Crippen molar-refractivity contribution in [3.05, 3.63) is 71.8 Å². The number of nitrogens with one attached hydrogen (secondary N) is 1. The Bertz CT molecular complexity index is 803. The molecule has 0 radical (unpaired) electrons. The molecule has 0 bridgehead atoms. The molecule has 2 aliphatic carbocycles. The van der Waals surface area contributed by atoms with Crippen LogP contribution in [0.15, 0.2) is 60.7 Å². The Morgan fingerprint density at radius 1 is 0.897 bits per heavy atom. The highest BCUT2D eigenvalue weighted by Crippen LogP contribution is 2.46. The van der Waals surface area contributed by atoms with Gasteiger partial charge >= 0.3 is 0 Å². The zero-order valence-corrected chi connectivity index (χ0v) is 17.2. The lowest BCUT2D eigenvalue weighted by molar-refractivity contribution is -0.124. The van der Waals surface area contributed by atoms with Crippen LogP contribution in [0.4, 0.5) is 0 Å². The van der Waals surface area contributed by atoms with Crippen LogP contribution in [0.1, 0.15) is 49.1 Å². The quantitative estimate of drug-likeness (QED) is 0.784. The molecule has 152 valence electrons. The molecule has 3 atom stereocenters. The van der Waals surface area contributed by atoms with Gasteiger partial charge in [0.25, 0.3) is 0 Å². The molecule has 1 N–H and O–H groups in total. The van der Waals surface area contributed by atoms with Gasteiger partial charge in [-0.1, -0.05) is 79.9 Å². The second-order valence-corrected chi connectivity index (χ2v) is 9.33. The lowest BCUT2D eigenvalue weighted by atomic mass is 9.76. The number of amides is 1. The van der Waals surface area contributed by atoms with E-state index < -0.39 is 0 Å². The topological polar surface area (TPSA) is 32.3 Å². The third-order valence-corrected chi connectivity index (χ3v) is 7.39. The average molecular weight is 389 g/mol. The summed E-state index contributed by atoms with van der Waals surface area (Å²) in [5.74, 6) is 2.09. The fraction of sp³-hybridized carbons (Fsp3) is 0.500. The first-order valence-electron chi connectivity index (χ1n) is 11.4. The lowest BCUT2D eigenvalue weighted by Crippen LogP contribution is -2.39. The highest BCUT2D eigenvalue weighted by atomic mass is 16.2. The Morgan fingerprint density at radius 3 is 2.17 bits per heavy atom. The molecule has 3 nitrogen and oxygen atoms in total. The molecule has 1 amide bonds. The fourth-order valence-electron chi connectivity index (χ4n) is 5.82. The van der Waals surface area contributed by atoms with Gasteiger partial charge in [0.15, 0.2) is 0 Å². The summed E-state index contributed by atoms with van der Waals surface area (Å²) in [5.41, 5.74) is 2.59. The van der Waals surface area contributed by atoms with Gasteiger partial charge < -0.3 is 5.32 Å². The summed E-state index contributed by atoms with van der Waals surface area (Å²) in [5, 5.41) is 3.47. The second kappa shape index (κ2) is 8.31. The van der Waals surface area contributed by atoms with Crippen LogP contribution in [-0.2, 0) is 11.3 Å². The summed E-state index contributed by atoms with van der Waals surface area (Å²) >= 11 is 0. The van der Waals surface area contributed by atoms with Crippen molar-refractivity contribution in [2.24, 2.45) is 17.8 Å². The summed E-state index contributed by atoms with van der Waals surface area (Å²) < 4.78 is 0. The molecule has 3 heteroatoms. The molecular formula is C26H32N2O. The summed E-state index contributed by atoms with van der Waals surface area (Å²) in [7, 11) is 0. The maximum atomic E-state index is 13.4. The number of hydrogen-bond donors (Lipinski definition) is 1. The monoisotopic (exact) mass is 388 g/mol. The number of benzene rings is 2. The summed E-state index contributed by atoms with van der Waals surface area (Å²) in [6.07, 6.45) is 6.24. The van der Waals surface area contributed by atoms with Crippen molar-refractivity contribution in [2.75, 3.05) is 13.1 Å². The van der Waals surface area contributed by atoms with Gasteiger partial charge in [0.2, 0.25) is 5.91 Å². The number of fused-ring (bicyclic) bond motifs is 1. The van der Waals surface area contributed by atoms with Gasteiger partial charge in [-0.25, -0.2) is 0 Å². The van der Waals surface area contributed by atoms with Crippen LogP contribution in [0.5, 0.6) is 0 Å². The first-order valence-corrected chi connectivity index (χ1v) is 11.4. The predicted octanol–water partition coefficient (Wildman–Crippen LogP) is 4.60. The lowest BCUT2D eigenvalue weighted by Gasteiger charge is -2.30. The van der Waals surface area contributed by atoms with Crippen LogP contribution in [0.3, 0.4) is 0 Å². The summed E-state index contributed by atoms with van der Waals surface area (Å²) in [6.45, 7) is 3.26. The van der Waals surface area contributed by atoms with Crippen LogP contribution in [-0.4, -0.2) is 29.9 Å². The Labute approximate surface area is 174 Å². The molecule has 0 spiro atoms. The van der Waals surface area contributed by atoms with E-state index >= 15 is 0 Å². The summed E-state index contributed by atoms with van der Waals surface area (Å²) in [4.78, 5) is 15.9. The third kappa shape index (κ3) is 4.11. The van der Waals surface area contributed by atoms with Crippen molar-refractivity contribution < 1.29 is 4.79 Å². The van der Waals surface area contributed by atoms with Crippen molar-refractivity contribution in [3.8, 4) is 0 Å². The summed E-state index contributed by atoms with van der Waals surface area (Å²) in [6, 6.07) is 21.6. The van der Waals surface area contributed by atoms with Crippen LogP contribution < -0.4 is 5.32 Å². The Morgan fingerprint density at radius 2 is 1.52 bits per heavy atom. The van der Waals surface area contributed by atoms with Gasteiger partial charge in [-0.15, -0.1) is 0 Å². The normalized spacial score (nSPS) is 27.9. The highest BCUT2D eigenvalue weighted by molar-refractivity contribution is 5.84.